The first-order chi connectivity index (χ1) is 13.4. The number of nitrogens with zero attached hydrogens (tertiary/aromatic N) is 3. The van der Waals surface area contributed by atoms with Crippen molar-refractivity contribution in [1.29, 1.82) is 0 Å². The standard InChI is InChI=1S/C22H21Cl2N3O/c1-5-26-21(13(2)3)16-9-14(4)27-22-15(16)7-6-8-20(22)28-12-17-18(23)10-25-11-19(17)24/h5-11H,12H2,1-4H3/b26-5-. The lowest BCUT2D eigenvalue weighted by atomic mass is 10.0. The highest BCUT2D eigenvalue weighted by Gasteiger charge is 2.14. The van der Waals surface area contributed by atoms with Crippen LogP contribution in [0.15, 0.2) is 47.2 Å². The Hall–Kier alpha value is -2.43. The van der Waals surface area contributed by atoms with Crippen molar-refractivity contribution in [3.05, 3.63) is 69.1 Å². The van der Waals surface area contributed by atoms with E-state index in [1.54, 1.807) is 18.6 Å². The number of para-hydroxylation sites is 1. The van der Waals surface area contributed by atoms with Crippen LogP contribution in [0.4, 0.5) is 0 Å². The number of fused-ring (bicyclic) bond motifs is 1. The number of ether oxygens (including phenoxy) is 1. The molecule has 0 unspecified atom stereocenters. The number of hydrogen-bond acceptors (Lipinski definition) is 4. The molecular formula is C22H21Cl2N3O. The van der Waals surface area contributed by atoms with Crippen molar-refractivity contribution in [3.8, 4) is 5.75 Å². The van der Waals surface area contributed by atoms with Crippen LogP contribution in [-0.2, 0) is 6.61 Å². The Morgan fingerprint density at radius 2 is 1.89 bits per heavy atom. The summed E-state index contributed by atoms with van der Waals surface area (Å²) < 4.78 is 6.06. The molecule has 28 heavy (non-hydrogen) atoms. The molecule has 3 aromatic rings. The maximum absolute atomic E-state index is 6.21. The van der Waals surface area contributed by atoms with Gasteiger partial charge in [-0.2, -0.15) is 0 Å². The quantitative estimate of drug-likeness (QED) is 0.438. The Kier molecular flexibility index (Phi) is 6.32. The number of benzene rings is 1. The molecule has 4 nitrogen and oxygen atoms in total. The fourth-order valence-corrected chi connectivity index (χ4v) is 3.46. The van der Waals surface area contributed by atoms with Gasteiger partial charge in [-0.05, 0) is 39.8 Å². The zero-order valence-electron chi connectivity index (χ0n) is 16.3. The molecule has 1 aromatic carbocycles. The zero-order valence-corrected chi connectivity index (χ0v) is 17.8. The van der Waals surface area contributed by atoms with Gasteiger partial charge in [0.05, 0.1) is 15.7 Å². The van der Waals surface area contributed by atoms with Crippen molar-refractivity contribution in [1.82, 2.24) is 9.97 Å². The summed E-state index contributed by atoms with van der Waals surface area (Å²) in [6.07, 6.45) is 4.91. The third-order valence-electron chi connectivity index (χ3n) is 4.24. The second kappa shape index (κ2) is 8.72. The van der Waals surface area contributed by atoms with E-state index in [9.17, 15) is 0 Å². The molecule has 0 fully saturated rings. The molecule has 2 aromatic heterocycles. The van der Waals surface area contributed by atoms with Gasteiger partial charge in [-0.3, -0.25) is 9.98 Å². The average Bonchev–Trinajstić information content (AvgIpc) is 2.65. The van der Waals surface area contributed by atoms with Crippen LogP contribution in [0.2, 0.25) is 10.0 Å². The lowest BCUT2D eigenvalue weighted by Gasteiger charge is -2.14. The van der Waals surface area contributed by atoms with E-state index in [0.29, 0.717) is 21.4 Å². The predicted molar refractivity (Wildman–Crippen MR) is 118 cm³/mol. The number of aliphatic imine (C=N–C) groups is 1. The summed E-state index contributed by atoms with van der Waals surface area (Å²) in [6.45, 7) is 8.22. The fraction of sp³-hybridized carbons (Fsp3) is 0.227. The number of halogens is 2. The molecule has 0 N–H and O–H groups in total. The van der Waals surface area contributed by atoms with Crippen molar-refractivity contribution in [2.75, 3.05) is 0 Å². The van der Waals surface area contributed by atoms with Crippen LogP contribution in [0.3, 0.4) is 0 Å². The van der Waals surface area contributed by atoms with Gasteiger partial charge in [0.2, 0.25) is 0 Å². The van der Waals surface area contributed by atoms with E-state index in [4.69, 9.17) is 32.9 Å². The van der Waals surface area contributed by atoms with E-state index < -0.39 is 0 Å². The Labute approximate surface area is 174 Å². The summed E-state index contributed by atoms with van der Waals surface area (Å²) in [7, 11) is 0. The van der Waals surface area contributed by atoms with Crippen LogP contribution in [0.1, 0.15) is 37.6 Å². The van der Waals surface area contributed by atoms with Gasteiger partial charge in [0, 0.05) is 40.8 Å². The highest BCUT2D eigenvalue weighted by atomic mass is 35.5. The van der Waals surface area contributed by atoms with E-state index in [1.165, 1.54) is 0 Å². The maximum Gasteiger partial charge on any atom is 0.146 e. The number of rotatable bonds is 5. The van der Waals surface area contributed by atoms with Crippen LogP contribution in [0, 0.1) is 6.92 Å². The topological polar surface area (TPSA) is 47.4 Å². The van der Waals surface area contributed by atoms with Gasteiger partial charge in [0.1, 0.15) is 17.9 Å². The molecule has 0 aliphatic rings. The fourth-order valence-electron chi connectivity index (χ4n) is 2.99. The third-order valence-corrected chi connectivity index (χ3v) is 4.89. The minimum absolute atomic E-state index is 0.229. The predicted octanol–water partition coefficient (Wildman–Crippen LogP) is 6.67. The molecule has 0 bridgehead atoms. The normalized spacial score (nSPS) is 11.2. The molecular weight excluding hydrogens is 393 g/mol. The molecule has 0 spiro atoms. The molecule has 0 aliphatic carbocycles. The highest BCUT2D eigenvalue weighted by molar-refractivity contribution is 6.35. The minimum atomic E-state index is 0.229. The van der Waals surface area contributed by atoms with Gasteiger partial charge >= 0.3 is 0 Å². The molecule has 0 saturated heterocycles. The molecule has 144 valence electrons. The number of aromatic nitrogens is 2. The summed E-state index contributed by atoms with van der Waals surface area (Å²) in [5, 5.41) is 1.93. The highest BCUT2D eigenvalue weighted by Crippen LogP contribution is 2.33. The molecule has 0 aliphatic heterocycles. The molecule has 6 heteroatoms. The first kappa shape index (κ1) is 20.3. The van der Waals surface area contributed by atoms with Gasteiger partial charge in [0.25, 0.3) is 0 Å². The molecule has 3 rings (SSSR count). The molecule has 0 saturated carbocycles. The van der Waals surface area contributed by atoms with Gasteiger partial charge < -0.3 is 4.74 Å². The zero-order chi connectivity index (χ0) is 20.3. The Morgan fingerprint density at radius 3 is 2.54 bits per heavy atom. The van der Waals surface area contributed by atoms with Crippen LogP contribution in [0.25, 0.3) is 16.6 Å². The SMILES string of the molecule is C/C=N\C(=C(C)C)c1cc(C)nc2c(OCc3c(Cl)cncc3Cl)cccc12. The Morgan fingerprint density at radius 1 is 1.18 bits per heavy atom. The summed E-state index contributed by atoms with van der Waals surface area (Å²) in [4.78, 5) is 13.3. The van der Waals surface area contributed by atoms with Crippen molar-refractivity contribution in [2.24, 2.45) is 4.99 Å². The average molecular weight is 414 g/mol. The molecule has 2 heterocycles. The van der Waals surface area contributed by atoms with Gasteiger partial charge in [-0.1, -0.05) is 40.9 Å². The second-order valence-corrected chi connectivity index (χ2v) is 7.38. The largest absolute Gasteiger partial charge is 0.487 e. The van der Waals surface area contributed by atoms with Crippen molar-refractivity contribution < 1.29 is 4.74 Å². The third kappa shape index (κ3) is 4.18. The summed E-state index contributed by atoms with van der Waals surface area (Å²) >= 11 is 12.4. The van der Waals surface area contributed by atoms with E-state index in [1.807, 2.05) is 32.0 Å². The van der Waals surface area contributed by atoms with Crippen molar-refractivity contribution >= 4 is 46.0 Å². The molecule has 0 amide bonds. The molecule has 0 radical (unpaired) electrons. The van der Waals surface area contributed by atoms with E-state index >= 15 is 0 Å². The van der Waals surface area contributed by atoms with Crippen molar-refractivity contribution in [2.45, 2.75) is 34.3 Å². The van der Waals surface area contributed by atoms with Gasteiger partial charge in [-0.15, -0.1) is 0 Å². The first-order valence-electron chi connectivity index (χ1n) is 8.90. The number of allylic oxidation sites excluding steroid dienone is 1. The monoisotopic (exact) mass is 413 g/mol. The van der Waals surface area contributed by atoms with Crippen LogP contribution < -0.4 is 4.74 Å². The number of pyridine rings is 2. The maximum atomic E-state index is 6.21. The van der Waals surface area contributed by atoms with Gasteiger partial charge in [-0.25, -0.2) is 4.98 Å². The lowest BCUT2D eigenvalue weighted by Crippen LogP contribution is -2.00. The first-order valence-corrected chi connectivity index (χ1v) is 9.65. The molecule has 0 atom stereocenters. The summed E-state index contributed by atoms with van der Waals surface area (Å²) in [6, 6.07) is 7.93. The Balaban J connectivity index is 2.10. The number of aryl methyl sites for hydroxylation is 1. The van der Waals surface area contributed by atoms with Crippen LogP contribution in [0.5, 0.6) is 5.75 Å². The van der Waals surface area contributed by atoms with Crippen LogP contribution >= 0.6 is 23.2 Å². The van der Waals surface area contributed by atoms with Crippen molar-refractivity contribution in [3.63, 3.8) is 0 Å². The lowest BCUT2D eigenvalue weighted by molar-refractivity contribution is 0.309. The minimum Gasteiger partial charge on any atom is -0.487 e. The number of hydrogen-bond donors (Lipinski definition) is 0. The smallest absolute Gasteiger partial charge is 0.146 e. The Bertz CT molecular complexity index is 1070. The van der Waals surface area contributed by atoms with E-state index in [0.717, 1.165) is 33.4 Å². The van der Waals surface area contributed by atoms with E-state index in [-0.39, 0.29) is 6.61 Å². The van der Waals surface area contributed by atoms with E-state index in [2.05, 4.69) is 29.9 Å². The second-order valence-electron chi connectivity index (χ2n) is 6.57. The summed E-state index contributed by atoms with van der Waals surface area (Å²) in [5.74, 6) is 0.667. The summed E-state index contributed by atoms with van der Waals surface area (Å²) in [5.41, 5.74) is 5.48. The van der Waals surface area contributed by atoms with Crippen LogP contribution in [-0.4, -0.2) is 16.2 Å². The van der Waals surface area contributed by atoms with Gasteiger partial charge in [0.15, 0.2) is 0 Å².